The van der Waals surface area contributed by atoms with Gasteiger partial charge in [0.15, 0.2) is 6.10 Å². The fourth-order valence-corrected chi connectivity index (χ4v) is 2.49. The monoisotopic (exact) mass is 406 g/mol. The fraction of sp³-hybridized carbons (Fsp3) is 0.364. The first-order valence-electron chi connectivity index (χ1n) is 9.17. The van der Waals surface area contributed by atoms with E-state index >= 15 is 0 Å². The average Bonchev–Trinajstić information content (AvgIpc) is 2.69. The second-order valence-electron chi connectivity index (χ2n) is 6.39. The number of hydrogen-bond acceptors (Lipinski definition) is 3. The summed E-state index contributed by atoms with van der Waals surface area (Å²) in [7, 11) is 0. The highest BCUT2D eigenvalue weighted by Crippen LogP contribution is 2.34. The van der Waals surface area contributed by atoms with Gasteiger partial charge in [0.25, 0.3) is 5.91 Å². The maximum atomic E-state index is 13.1. The predicted molar refractivity (Wildman–Crippen MR) is 106 cm³/mol. The molecule has 1 N–H and O–H groups in total. The van der Waals surface area contributed by atoms with Gasteiger partial charge in [-0.3, -0.25) is 4.79 Å². The molecule has 1 atom stereocenters. The zero-order chi connectivity index (χ0) is 22.0. The van der Waals surface area contributed by atoms with Gasteiger partial charge in [-0.1, -0.05) is 43.7 Å². The molecule has 0 saturated heterocycles. The molecule has 0 unspecified atom stereocenters. The highest BCUT2D eigenvalue weighted by molar-refractivity contribution is 5.81. The number of carbonyl (C=O) groups is 1. The zero-order valence-electron chi connectivity index (χ0n) is 16.8. The van der Waals surface area contributed by atoms with Crippen LogP contribution in [0.3, 0.4) is 0 Å². The van der Waals surface area contributed by atoms with Crippen molar-refractivity contribution in [2.75, 3.05) is 6.54 Å². The molecule has 0 bridgehead atoms. The second kappa shape index (κ2) is 11.1. The van der Waals surface area contributed by atoms with Gasteiger partial charge in [-0.05, 0) is 44.0 Å². The van der Waals surface area contributed by atoms with Crippen LogP contribution in [0.4, 0.5) is 13.2 Å². The standard InChI is InChI=1S/C22H25F3N2O2/c1-5-8-20(21(28)27-14-16(7-3)11-15(4)6-2)29-18-10-9-17(13-26)19(12-18)22(23,24)25/h6-7,9-12,20H,2,5,8,14H2,1,3-4H3,(H,27,28)/b15-11-,16-7+/t20-/m0/s1. The molecule has 29 heavy (non-hydrogen) atoms. The minimum absolute atomic E-state index is 0.112. The van der Waals surface area contributed by atoms with Gasteiger partial charge < -0.3 is 10.1 Å². The molecular formula is C22H25F3N2O2. The van der Waals surface area contributed by atoms with E-state index in [-0.39, 0.29) is 12.3 Å². The van der Waals surface area contributed by atoms with E-state index in [0.717, 1.165) is 23.3 Å². The first-order valence-corrected chi connectivity index (χ1v) is 9.17. The Balaban J connectivity index is 2.97. The van der Waals surface area contributed by atoms with Crippen molar-refractivity contribution in [2.45, 2.75) is 45.9 Å². The van der Waals surface area contributed by atoms with Gasteiger partial charge in [0.1, 0.15) is 5.75 Å². The first-order chi connectivity index (χ1) is 13.7. The summed E-state index contributed by atoms with van der Waals surface area (Å²) in [6.45, 7) is 9.49. The van der Waals surface area contributed by atoms with E-state index in [1.54, 1.807) is 6.08 Å². The Bertz CT molecular complexity index is 833. The van der Waals surface area contributed by atoms with Gasteiger partial charge in [0.05, 0.1) is 17.2 Å². The average molecular weight is 406 g/mol. The molecule has 0 aliphatic heterocycles. The van der Waals surface area contributed by atoms with E-state index in [1.165, 1.54) is 12.1 Å². The molecule has 1 aromatic rings. The third-order valence-corrected chi connectivity index (χ3v) is 4.11. The predicted octanol–water partition coefficient (Wildman–Crippen LogP) is 5.32. The molecule has 0 radical (unpaired) electrons. The van der Waals surface area contributed by atoms with Gasteiger partial charge in [-0.2, -0.15) is 18.4 Å². The summed E-state index contributed by atoms with van der Waals surface area (Å²) in [6, 6.07) is 4.57. The third-order valence-electron chi connectivity index (χ3n) is 4.11. The van der Waals surface area contributed by atoms with E-state index in [4.69, 9.17) is 10.00 Å². The van der Waals surface area contributed by atoms with Crippen LogP contribution in [-0.2, 0) is 11.0 Å². The molecular weight excluding hydrogens is 381 g/mol. The molecule has 4 nitrogen and oxygen atoms in total. The minimum Gasteiger partial charge on any atom is -0.481 e. The number of nitrogens with one attached hydrogen (secondary N) is 1. The highest BCUT2D eigenvalue weighted by atomic mass is 19.4. The maximum Gasteiger partial charge on any atom is 0.417 e. The summed E-state index contributed by atoms with van der Waals surface area (Å²) in [5, 5.41) is 11.6. The van der Waals surface area contributed by atoms with Crippen LogP contribution < -0.4 is 10.1 Å². The molecule has 0 aromatic heterocycles. The van der Waals surface area contributed by atoms with Crippen molar-refractivity contribution in [1.29, 1.82) is 5.26 Å². The summed E-state index contributed by atoms with van der Waals surface area (Å²) in [5.41, 5.74) is 0.215. The van der Waals surface area contributed by atoms with Crippen molar-refractivity contribution < 1.29 is 22.7 Å². The smallest absolute Gasteiger partial charge is 0.417 e. The van der Waals surface area contributed by atoms with Gasteiger partial charge in [0.2, 0.25) is 0 Å². The van der Waals surface area contributed by atoms with E-state index < -0.39 is 29.3 Å². The van der Waals surface area contributed by atoms with Crippen molar-refractivity contribution >= 4 is 5.91 Å². The SMILES string of the molecule is C=C/C(C)=C\C(=C/C)CNC(=O)[C@H](CCC)Oc1ccc(C#N)c(C(F)(F)F)c1. The minimum atomic E-state index is -4.69. The topological polar surface area (TPSA) is 62.1 Å². The summed E-state index contributed by atoms with van der Waals surface area (Å²) in [5.74, 6) is -0.535. The van der Waals surface area contributed by atoms with E-state index in [1.807, 2.05) is 32.9 Å². The largest absolute Gasteiger partial charge is 0.481 e. The normalized spacial score (nSPS) is 13.4. The Morgan fingerprint density at radius 1 is 1.41 bits per heavy atom. The Morgan fingerprint density at radius 2 is 2.10 bits per heavy atom. The van der Waals surface area contributed by atoms with E-state index in [2.05, 4.69) is 11.9 Å². The lowest BCUT2D eigenvalue weighted by molar-refractivity contribution is -0.137. The molecule has 7 heteroatoms. The lowest BCUT2D eigenvalue weighted by Crippen LogP contribution is -2.39. The summed E-state index contributed by atoms with van der Waals surface area (Å²) in [6.07, 6.45) is 0.710. The Kier molecular flexibility index (Phi) is 9.20. The van der Waals surface area contributed by atoms with Crippen LogP contribution in [0, 0.1) is 11.3 Å². The molecule has 0 saturated carbocycles. The van der Waals surface area contributed by atoms with Crippen LogP contribution >= 0.6 is 0 Å². The molecule has 0 aliphatic carbocycles. The van der Waals surface area contributed by atoms with E-state index in [0.29, 0.717) is 12.8 Å². The molecule has 0 heterocycles. The number of hydrogen-bond donors (Lipinski definition) is 1. The molecule has 0 aliphatic rings. The number of alkyl halides is 3. The summed E-state index contributed by atoms with van der Waals surface area (Å²) >= 11 is 0. The molecule has 0 fully saturated rings. The van der Waals surface area contributed by atoms with Crippen molar-refractivity contribution in [3.63, 3.8) is 0 Å². The van der Waals surface area contributed by atoms with Crippen LogP contribution in [-0.4, -0.2) is 18.6 Å². The van der Waals surface area contributed by atoms with Crippen molar-refractivity contribution in [3.05, 3.63) is 65.3 Å². The van der Waals surface area contributed by atoms with Gasteiger partial charge >= 0.3 is 6.18 Å². The molecule has 1 amide bonds. The van der Waals surface area contributed by atoms with Crippen LogP contribution in [0.5, 0.6) is 5.75 Å². The highest BCUT2D eigenvalue weighted by Gasteiger charge is 2.34. The van der Waals surface area contributed by atoms with Crippen LogP contribution in [0.25, 0.3) is 0 Å². The zero-order valence-corrected chi connectivity index (χ0v) is 16.8. The number of nitriles is 1. The van der Waals surface area contributed by atoms with Crippen molar-refractivity contribution in [2.24, 2.45) is 0 Å². The number of benzene rings is 1. The lowest BCUT2D eigenvalue weighted by atomic mass is 10.1. The Labute approximate surface area is 169 Å². The number of allylic oxidation sites excluding steroid dienone is 3. The molecule has 1 rings (SSSR count). The van der Waals surface area contributed by atoms with Crippen molar-refractivity contribution in [3.8, 4) is 11.8 Å². The Morgan fingerprint density at radius 3 is 2.62 bits per heavy atom. The number of ether oxygens (including phenoxy) is 1. The van der Waals surface area contributed by atoms with E-state index in [9.17, 15) is 18.0 Å². The van der Waals surface area contributed by atoms with Gasteiger partial charge in [0, 0.05) is 6.54 Å². The van der Waals surface area contributed by atoms with Crippen LogP contribution in [0.15, 0.2) is 54.2 Å². The summed E-state index contributed by atoms with van der Waals surface area (Å²) in [4.78, 5) is 12.5. The third kappa shape index (κ3) is 7.49. The molecule has 0 spiro atoms. The fourth-order valence-electron chi connectivity index (χ4n) is 2.49. The van der Waals surface area contributed by atoms with Crippen LogP contribution in [0.1, 0.15) is 44.7 Å². The lowest BCUT2D eigenvalue weighted by Gasteiger charge is -2.19. The number of nitrogens with zero attached hydrogens (tertiary/aromatic N) is 1. The quantitative estimate of drug-likeness (QED) is 0.565. The number of carbonyl (C=O) groups excluding carboxylic acids is 1. The number of halogens is 3. The van der Waals surface area contributed by atoms with Gasteiger partial charge in [-0.15, -0.1) is 0 Å². The van der Waals surface area contributed by atoms with Crippen molar-refractivity contribution in [1.82, 2.24) is 5.32 Å². The Hall–Kier alpha value is -3.01. The number of rotatable bonds is 9. The molecule has 156 valence electrons. The summed E-state index contributed by atoms with van der Waals surface area (Å²) < 4.78 is 45.0. The molecule has 1 aromatic carbocycles. The second-order valence-corrected chi connectivity index (χ2v) is 6.39. The first kappa shape index (κ1) is 24.0. The van der Waals surface area contributed by atoms with Crippen LogP contribution in [0.2, 0.25) is 0 Å². The maximum absolute atomic E-state index is 13.1. The van der Waals surface area contributed by atoms with Gasteiger partial charge in [-0.25, -0.2) is 0 Å². The number of amides is 1.